The summed E-state index contributed by atoms with van der Waals surface area (Å²) < 4.78 is 6.07. The van der Waals surface area contributed by atoms with Gasteiger partial charge in [0.2, 0.25) is 0 Å². The minimum Gasteiger partial charge on any atom is -0.505 e. The lowest BCUT2D eigenvalue weighted by molar-refractivity contribution is 0.483. The van der Waals surface area contributed by atoms with Crippen molar-refractivity contribution >= 4 is 44.5 Å². The summed E-state index contributed by atoms with van der Waals surface area (Å²) in [6.45, 7) is 0. The van der Waals surface area contributed by atoms with E-state index in [4.69, 9.17) is 9.83 Å². The van der Waals surface area contributed by atoms with Crippen molar-refractivity contribution in [3.8, 4) is 5.75 Å². The third kappa shape index (κ3) is 2.38. The molecule has 130 valence electrons. The number of nitrogens with zero attached hydrogens (tertiary/aromatic N) is 2. The van der Waals surface area contributed by atoms with E-state index in [0.29, 0.717) is 38.8 Å². The zero-order valence-corrected chi connectivity index (χ0v) is 14.1. The maximum atomic E-state index is 11.0. The molecule has 0 fully saturated rings. The Balaban J connectivity index is 1.95. The molecule has 2 heterocycles. The fourth-order valence-corrected chi connectivity index (χ4v) is 3.23. The highest BCUT2D eigenvalue weighted by molar-refractivity contribution is 6.14. The summed E-state index contributed by atoms with van der Waals surface area (Å²) in [5.41, 5.74) is 3.11. The highest BCUT2D eigenvalue weighted by atomic mass is 16.3. The first-order valence-corrected chi connectivity index (χ1v) is 8.42. The minimum atomic E-state index is -0.0410. The molecule has 6 heteroatoms. The van der Waals surface area contributed by atoms with Crippen LogP contribution >= 0.6 is 0 Å². The molecular weight excluding hydrogens is 340 g/mol. The van der Waals surface area contributed by atoms with E-state index >= 15 is 0 Å². The molecule has 0 aliphatic heterocycles. The van der Waals surface area contributed by atoms with Crippen LogP contribution in [0.1, 0.15) is 0 Å². The lowest BCUT2D eigenvalue weighted by atomic mass is 10.0. The van der Waals surface area contributed by atoms with Crippen LogP contribution in [0.3, 0.4) is 0 Å². The molecule has 0 saturated heterocycles. The smallest absolute Gasteiger partial charge is 0.196 e. The van der Waals surface area contributed by atoms with Gasteiger partial charge in [0.05, 0.1) is 10.7 Å². The predicted molar refractivity (Wildman–Crippen MR) is 104 cm³/mol. The van der Waals surface area contributed by atoms with E-state index in [9.17, 15) is 5.11 Å². The molecule has 0 aliphatic rings. The van der Waals surface area contributed by atoms with Gasteiger partial charge in [0.1, 0.15) is 11.2 Å². The van der Waals surface area contributed by atoms with Crippen LogP contribution in [-0.4, -0.2) is 15.1 Å². The number of para-hydroxylation sites is 1. The number of aromatic hydroxyl groups is 1. The van der Waals surface area contributed by atoms with Gasteiger partial charge < -0.3 is 20.2 Å². The van der Waals surface area contributed by atoms with Crippen molar-refractivity contribution in [2.24, 2.45) is 0 Å². The van der Waals surface area contributed by atoms with Crippen LogP contribution in [0.15, 0.2) is 71.3 Å². The third-order valence-electron chi connectivity index (χ3n) is 4.46. The van der Waals surface area contributed by atoms with Gasteiger partial charge in [-0.2, -0.15) is 0 Å². The zero-order chi connectivity index (χ0) is 18.4. The molecule has 0 bridgehead atoms. The van der Waals surface area contributed by atoms with Crippen molar-refractivity contribution in [1.82, 2.24) is 9.97 Å². The average molecular weight is 354 g/mol. The summed E-state index contributed by atoms with van der Waals surface area (Å²) in [5.74, 6) is -0.0410. The third-order valence-corrected chi connectivity index (χ3v) is 4.46. The molecular formula is C21H14N4O2. The largest absolute Gasteiger partial charge is 0.505 e. The first kappa shape index (κ1) is 15.3. The van der Waals surface area contributed by atoms with E-state index in [1.807, 2.05) is 36.4 Å². The summed E-state index contributed by atoms with van der Waals surface area (Å²) in [6.07, 6.45) is 1.65. The maximum absolute atomic E-state index is 11.0. The molecule has 0 amide bonds. The summed E-state index contributed by atoms with van der Waals surface area (Å²) in [7, 11) is 0. The van der Waals surface area contributed by atoms with Crippen molar-refractivity contribution in [3.05, 3.63) is 72.2 Å². The molecule has 27 heavy (non-hydrogen) atoms. The molecule has 0 atom stereocenters. The van der Waals surface area contributed by atoms with Gasteiger partial charge in [-0.3, -0.25) is 0 Å². The summed E-state index contributed by atoms with van der Waals surface area (Å²) in [5, 5.41) is 23.7. The van der Waals surface area contributed by atoms with Crippen molar-refractivity contribution in [2.75, 3.05) is 5.32 Å². The second-order valence-corrected chi connectivity index (χ2v) is 6.16. The number of hydrogen-bond acceptors (Lipinski definition) is 6. The first-order chi connectivity index (χ1) is 13.2. The Hall–Kier alpha value is -3.93. The molecule has 3 N–H and O–H groups in total. The van der Waals surface area contributed by atoms with Crippen LogP contribution < -0.4 is 10.7 Å². The Morgan fingerprint density at radius 2 is 1.81 bits per heavy atom. The molecule has 0 unspecified atom stereocenters. The Bertz CT molecular complexity index is 1380. The molecule has 5 rings (SSSR count). The number of nitrogens with one attached hydrogen (secondary N) is 2. The normalized spacial score (nSPS) is 11.3. The van der Waals surface area contributed by atoms with Crippen LogP contribution in [0.5, 0.6) is 5.75 Å². The molecule has 2 aromatic heterocycles. The highest BCUT2D eigenvalue weighted by Crippen LogP contribution is 2.41. The fourth-order valence-electron chi connectivity index (χ4n) is 3.23. The van der Waals surface area contributed by atoms with E-state index in [-0.39, 0.29) is 11.1 Å². The van der Waals surface area contributed by atoms with Crippen molar-refractivity contribution in [2.45, 2.75) is 0 Å². The quantitative estimate of drug-likeness (QED) is 0.247. The van der Waals surface area contributed by atoms with Crippen LogP contribution in [-0.2, 0) is 0 Å². The summed E-state index contributed by atoms with van der Waals surface area (Å²) >= 11 is 0. The number of pyridine rings is 1. The maximum Gasteiger partial charge on any atom is 0.196 e. The zero-order valence-electron chi connectivity index (χ0n) is 14.1. The predicted octanol–water partition coefficient (Wildman–Crippen LogP) is 4.46. The topological polar surface area (TPSA) is 95.0 Å². The van der Waals surface area contributed by atoms with Crippen LogP contribution in [0.2, 0.25) is 0 Å². The van der Waals surface area contributed by atoms with Crippen LogP contribution in [0, 0.1) is 5.41 Å². The molecule has 6 nitrogen and oxygen atoms in total. The summed E-state index contributed by atoms with van der Waals surface area (Å²) in [6, 6.07) is 18.2. The van der Waals surface area contributed by atoms with Gasteiger partial charge in [0.25, 0.3) is 0 Å². The van der Waals surface area contributed by atoms with Gasteiger partial charge in [0, 0.05) is 17.3 Å². The van der Waals surface area contributed by atoms with E-state index in [0.717, 1.165) is 5.69 Å². The molecule has 0 spiro atoms. The lowest BCUT2D eigenvalue weighted by Gasteiger charge is -2.14. The van der Waals surface area contributed by atoms with E-state index in [1.54, 1.807) is 30.5 Å². The van der Waals surface area contributed by atoms with E-state index < -0.39 is 0 Å². The highest BCUT2D eigenvalue weighted by Gasteiger charge is 2.19. The molecule has 3 aromatic carbocycles. The fraction of sp³-hybridized carbons (Fsp3) is 0. The van der Waals surface area contributed by atoms with Crippen molar-refractivity contribution in [3.63, 3.8) is 0 Å². The van der Waals surface area contributed by atoms with E-state index in [1.165, 1.54) is 0 Å². The number of rotatable bonds is 2. The number of phenolic OH excluding ortho intramolecular Hbond substituents is 1. The van der Waals surface area contributed by atoms with Crippen LogP contribution in [0.25, 0.3) is 33.1 Å². The summed E-state index contributed by atoms with van der Waals surface area (Å²) in [4.78, 5) is 8.91. The van der Waals surface area contributed by atoms with Gasteiger partial charge in [-0.25, -0.2) is 9.97 Å². The number of hydrogen-bond donors (Lipinski definition) is 3. The molecule has 5 aromatic rings. The SMILES string of the molecule is N=c1cccc2c1c(O)c(Nc1ccccc1)c1oc3cccnc3nc12. The average Bonchev–Trinajstić information content (AvgIpc) is 2.70. The Morgan fingerprint density at radius 3 is 2.67 bits per heavy atom. The number of phenols is 1. The Kier molecular flexibility index (Phi) is 3.30. The minimum absolute atomic E-state index is 0.0410. The van der Waals surface area contributed by atoms with Crippen molar-refractivity contribution < 1.29 is 9.52 Å². The van der Waals surface area contributed by atoms with Gasteiger partial charge >= 0.3 is 0 Å². The molecule has 0 aliphatic carbocycles. The second kappa shape index (κ2) is 5.81. The molecule has 0 saturated carbocycles. The number of fused-ring (bicyclic) bond motifs is 4. The Morgan fingerprint density at radius 1 is 0.963 bits per heavy atom. The van der Waals surface area contributed by atoms with Gasteiger partial charge in [-0.05, 0) is 30.3 Å². The number of anilines is 2. The standard InChI is InChI=1S/C21H14N4O2/c22-14-9-4-8-13-16(14)19(26)18(24-12-6-2-1-3-7-12)20-17(13)25-21-15(27-20)10-5-11-23-21/h1-11,22,24,26H. The van der Waals surface area contributed by atoms with Crippen LogP contribution in [0.4, 0.5) is 11.4 Å². The number of benzene rings is 3. The monoisotopic (exact) mass is 354 g/mol. The van der Waals surface area contributed by atoms with Gasteiger partial charge in [-0.15, -0.1) is 0 Å². The van der Waals surface area contributed by atoms with Gasteiger partial charge in [0.15, 0.2) is 22.6 Å². The van der Waals surface area contributed by atoms with Gasteiger partial charge in [-0.1, -0.05) is 30.3 Å². The molecule has 0 radical (unpaired) electrons. The lowest BCUT2D eigenvalue weighted by Crippen LogP contribution is -2.03. The first-order valence-electron chi connectivity index (χ1n) is 8.42. The van der Waals surface area contributed by atoms with E-state index in [2.05, 4.69) is 15.3 Å². The Labute approximate surface area is 153 Å². The second-order valence-electron chi connectivity index (χ2n) is 6.16. The number of aromatic nitrogens is 2. The van der Waals surface area contributed by atoms with Crippen molar-refractivity contribution in [1.29, 1.82) is 5.41 Å².